The average molecular weight is 1070 g/mol. The van der Waals surface area contributed by atoms with Crippen molar-refractivity contribution >= 4 is 17.9 Å². The third kappa shape index (κ3) is 62.5. The van der Waals surface area contributed by atoms with Gasteiger partial charge < -0.3 is 14.2 Å². The lowest BCUT2D eigenvalue weighted by Crippen LogP contribution is -2.30. The predicted octanol–water partition coefficient (Wildman–Crippen LogP) is 22.0. The molecule has 0 saturated carbocycles. The molecule has 0 aliphatic carbocycles. The van der Waals surface area contributed by atoms with E-state index in [-0.39, 0.29) is 31.1 Å². The van der Waals surface area contributed by atoms with Gasteiger partial charge in [-0.3, -0.25) is 14.4 Å². The lowest BCUT2D eigenvalue weighted by Gasteiger charge is -2.18. The van der Waals surface area contributed by atoms with Crippen LogP contribution in [0, 0.1) is 0 Å². The zero-order valence-corrected chi connectivity index (χ0v) is 50.2. The largest absolute Gasteiger partial charge is 0.462 e. The van der Waals surface area contributed by atoms with Crippen molar-refractivity contribution in [2.24, 2.45) is 0 Å². The highest BCUT2D eigenvalue weighted by molar-refractivity contribution is 5.71. The molecule has 0 N–H and O–H groups in total. The summed E-state index contributed by atoms with van der Waals surface area (Å²) in [6.45, 7) is 6.46. The molecule has 0 aliphatic rings. The van der Waals surface area contributed by atoms with Crippen molar-refractivity contribution in [1.82, 2.24) is 0 Å². The van der Waals surface area contributed by atoms with Gasteiger partial charge in [0, 0.05) is 19.3 Å². The zero-order chi connectivity index (χ0) is 55.7. The van der Waals surface area contributed by atoms with Crippen molar-refractivity contribution in [3.8, 4) is 0 Å². The minimum atomic E-state index is -0.796. The number of rotatable bonds is 57. The molecule has 0 amide bonds. The molecule has 1 unspecified atom stereocenters. The topological polar surface area (TPSA) is 78.9 Å². The fraction of sp³-hybridized carbons (Fsp3) is 0.676. The highest BCUT2D eigenvalue weighted by atomic mass is 16.6. The summed E-state index contributed by atoms with van der Waals surface area (Å²) in [5, 5.41) is 0. The number of ether oxygens (including phenoxy) is 3. The Kier molecular flexibility index (Phi) is 60.8. The highest BCUT2D eigenvalue weighted by Crippen LogP contribution is 2.15. The molecule has 0 aromatic rings. The first kappa shape index (κ1) is 72.8. The van der Waals surface area contributed by atoms with Crippen molar-refractivity contribution in [1.29, 1.82) is 0 Å². The molecule has 1 atom stereocenters. The van der Waals surface area contributed by atoms with Crippen LogP contribution in [-0.4, -0.2) is 37.2 Å². The Morgan fingerprint density at radius 2 is 0.519 bits per heavy atom. The van der Waals surface area contributed by atoms with Crippen molar-refractivity contribution in [3.63, 3.8) is 0 Å². The Labute approximate surface area is 475 Å². The maximum Gasteiger partial charge on any atom is 0.306 e. The molecule has 0 saturated heterocycles. The molecule has 0 fully saturated rings. The molecule has 0 aromatic carbocycles. The molecular weight excluding hydrogens is 949 g/mol. The van der Waals surface area contributed by atoms with Crippen LogP contribution in [0.15, 0.2) is 122 Å². The SMILES string of the molecule is CC/C=C\C/C=C\C/C=C\C/C=C\C/C=C\C/C=C\C/C=C\CCCCCCCC(=O)OCC(COC(=O)CCCCCCC/C=C\CCCC)OC(=O)CCCCCCCCCCC/C=C\C/C=C\CCCCCCC. The minimum Gasteiger partial charge on any atom is -0.462 e. The van der Waals surface area contributed by atoms with E-state index in [1.165, 1.54) is 109 Å². The quantitative estimate of drug-likeness (QED) is 0.0261. The number of unbranched alkanes of at least 4 members (excludes halogenated alkanes) is 26. The Balaban J connectivity index is 4.36. The molecule has 0 aliphatic heterocycles. The number of carbonyl (C=O) groups is 3. The second kappa shape index (κ2) is 64.3. The smallest absolute Gasteiger partial charge is 0.306 e. The molecule has 6 heteroatoms. The van der Waals surface area contributed by atoms with E-state index in [1.54, 1.807) is 0 Å². The van der Waals surface area contributed by atoms with Crippen molar-refractivity contribution in [3.05, 3.63) is 122 Å². The van der Waals surface area contributed by atoms with Crippen LogP contribution >= 0.6 is 0 Å². The van der Waals surface area contributed by atoms with E-state index in [9.17, 15) is 14.4 Å². The number of carbonyl (C=O) groups excluding carboxylic acids is 3. The summed E-state index contributed by atoms with van der Waals surface area (Å²) < 4.78 is 16.9. The summed E-state index contributed by atoms with van der Waals surface area (Å²) >= 11 is 0. The first-order valence-electron chi connectivity index (χ1n) is 32.0. The summed E-state index contributed by atoms with van der Waals surface area (Å²) in [6.07, 6.45) is 89.2. The van der Waals surface area contributed by atoms with Crippen LogP contribution in [0.5, 0.6) is 0 Å². The molecule has 0 radical (unpaired) electrons. The van der Waals surface area contributed by atoms with Crippen LogP contribution in [0.4, 0.5) is 0 Å². The third-order valence-electron chi connectivity index (χ3n) is 13.4. The van der Waals surface area contributed by atoms with Crippen molar-refractivity contribution in [2.45, 2.75) is 297 Å². The molecule has 438 valence electrons. The van der Waals surface area contributed by atoms with E-state index in [4.69, 9.17) is 14.2 Å². The summed E-state index contributed by atoms with van der Waals surface area (Å²) in [7, 11) is 0. The van der Waals surface area contributed by atoms with Gasteiger partial charge in [0.05, 0.1) is 0 Å². The molecule has 6 nitrogen and oxygen atoms in total. The number of esters is 3. The van der Waals surface area contributed by atoms with Crippen molar-refractivity contribution < 1.29 is 28.6 Å². The van der Waals surface area contributed by atoms with Crippen molar-refractivity contribution in [2.75, 3.05) is 13.2 Å². The van der Waals surface area contributed by atoms with E-state index in [0.29, 0.717) is 19.3 Å². The van der Waals surface area contributed by atoms with Gasteiger partial charge in [0.15, 0.2) is 6.10 Å². The Bertz CT molecular complexity index is 1600. The fourth-order valence-electron chi connectivity index (χ4n) is 8.61. The maximum absolute atomic E-state index is 12.9. The summed E-state index contributed by atoms with van der Waals surface area (Å²) in [5.74, 6) is -0.922. The second-order valence-electron chi connectivity index (χ2n) is 20.9. The molecule has 0 bridgehead atoms. The predicted molar refractivity (Wildman–Crippen MR) is 334 cm³/mol. The molecule has 77 heavy (non-hydrogen) atoms. The highest BCUT2D eigenvalue weighted by Gasteiger charge is 2.19. The van der Waals surface area contributed by atoms with Crippen LogP contribution in [0.25, 0.3) is 0 Å². The van der Waals surface area contributed by atoms with Gasteiger partial charge in [0.1, 0.15) is 13.2 Å². The lowest BCUT2D eigenvalue weighted by molar-refractivity contribution is -0.167. The van der Waals surface area contributed by atoms with Gasteiger partial charge in [0.25, 0.3) is 0 Å². The minimum absolute atomic E-state index is 0.0923. The van der Waals surface area contributed by atoms with Gasteiger partial charge in [-0.05, 0) is 128 Å². The average Bonchev–Trinajstić information content (AvgIpc) is 3.43. The lowest BCUT2D eigenvalue weighted by atomic mass is 10.1. The number of allylic oxidation sites excluding steroid dienone is 20. The van der Waals surface area contributed by atoms with Crippen LogP contribution in [0.2, 0.25) is 0 Å². The molecule has 0 rings (SSSR count). The van der Waals surface area contributed by atoms with E-state index in [1.807, 2.05) is 0 Å². The van der Waals surface area contributed by atoms with Crippen LogP contribution in [0.1, 0.15) is 290 Å². The Morgan fingerprint density at radius 3 is 0.844 bits per heavy atom. The van der Waals surface area contributed by atoms with Crippen LogP contribution < -0.4 is 0 Å². The van der Waals surface area contributed by atoms with Gasteiger partial charge in [-0.1, -0.05) is 264 Å². The maximum atomic E-state index is 12.9. The monoisotopic (exact) mass is 1070 g/mol. The number of hydrogen-bond acceptors (Lipinski definition) is 6. The summed E-state index contributed by atoms with van der Waals surface area (Å²) in [5.41, 5.74) is 0. The molecule has 0 aromatic heterocycles. The normalized spacial score (nSPS) is 12.9. The first-order chi connectivity index (χ1) is 38.0. The second-order valence-corrected chi connectivity index (χ2v) is 20.9. The van der Waals surface area contributed by atoms with Gasteiger partial charge in [-0.2, -0.15) is 0 Å². The van der Waals surface area contributed by atoms with Crippen LogP contribution in [0.3, 0.4) is 0 Å². The first-order valence-corrected chi connectivity index (χ1v) is 32.0. The summed E-state index contributed by atoms with van der Waals surface area (Å²) in [4.78, 5) is 38.3. The van der Waals surface area contributed by atoms with Gasteiger partial charge in [-0.25, -0.2) is 0 Å². The zero-order valence-electron chi connectivity index (χ0n) is 50.2. The van der Waals surface area contributed by atoms with E-state index >= 15 is 0 Å². The molecular formula is C71H118O6. The Hall–Kier alpha value is -4.19. The van der Waals surface area contributed by atoms with Gasteiger partial charge in [0.2, 0.25) is 0 Å². The van der Waals surface area contributed by atoms with Gasteiger partial charge >= 0.3 is 17.9 Å². The summed E-state index contributed by atoms with van der Waals surface area (Å²) in [6, 6.07) is 0. The van der Waals surface area contributed by atoms with Crippen LogP contribution in [-0.2, 0) is 28.6 Å². The third-order valence-corrected chi connectivity index (χ3v) is 13.4. The molecule has 0 spiro atoms. The Morgan fingerprint density at radius 1 is 0.273 bits per heavy atom. The fourth-order valence-corrected chi connectivity index (χ4v) is 8.61. The van der Waals surface area contributed by atoms with E-state index in [0.717, 1.165) is 141 Å². The van der Waals surface area contributed by atoms with Gasteiger partial charge in [-0.15, -0.1) is 0 Å². The van der Waals surface area contributed by atoms with E-state index < -0.39 is 6.10 Å². The molecule has 0 heterocycles. The van der Waals surface area contributed by atoms with E-state index in [2.05, 4.69) is 142 Å². The number of hydrogen-bond donors (Lipinski definition) is 0. The standard InChI is InChI=1S/C71H118O6/c1-4-7-10-13-16-19-22-24-26-28-30-32-33-34-35-36-37-39-40-42-44-46-49-52-55-58-61-64-70(73)76-67-68(66-75-69(72)63-60-57-54-51-48-21-18-15-12-9-6-3)77-71(74)65-62-59-56-53-50-47-45-43-41-38-31-29-27-25-23-20-17-14-11-8-5-2/h7,10,15-16,18-19,23-26,29-32,34-35,37,39,42,44,68H,4-6,8-9,11-14,17,20-22,27-28,33,36,38,40-41,43,45-67H2,1-3H3/b10-7-,18-15-,19-16-,25-23-,26-24-,31-29-,32-30-,35-34-,39-37-,44-42-.